The van der Waals surface area contributed by atoms with E-state index < -0.39 is 0 Å². The maximum Gasteiger partial charge on any atom is 0.273 e. The first kappa shape index (κ1) is 11.7. The van der Waals surface area contributed by atoms with Crippen LogP contribution in [0.3, 0.4) is 0 Å². The molecule has 0 fully saturated rings. The Bertz CT molecular complexity index is 324. The SMILES string of the molecule is COC(C)CNC(=O)c1cc(CO)on1. The van der Waals surface area contributed by atoms with Crippen molar-refractivity contribution in [2.45, 2.75) is 19.6 Å². The summed E-state index contributed by atoms with van der Waals surface area (Å²) in [6.07, 6.45) is -0.0573. The third kappa shape index (κ3) is 3.34. The van der Waals surface area contributed by atoms with Crippen molar-refractivity contribution in [2.75, 3.05) is 13.7 Å². The monoisotopic (exact) mass is 214 g/mol. The van der Waals surface area contributed by atoms with Crippen LogP contribution in [0.4, 0.5) is 0 Å². The molecule has 0 aliphatic carbocycles. The zero-order valence-electron chi connectivity index (χ0n) is 8.69. The van der Waals surface area contributed by atoms with Crippen molar-refractivity contribution in [3.63, 3.8) is 0 Å². The summed E-state index contributed by atoms with van der Waals surface area (Å²) in [7, 11) is 1.57. The van der Waals surface area contributed by atoms with E-state index in [1.54, 1.807) is 7.11 Å². The lowest BCUT2D eigenvalue weighted by Crippen LogP contribution is -2.31. The van der Waals surface area contributed by atoms with Gasteiger partial charge in [0, 0.05) is 19.7 Å². The van der Waals surface area contributed by atoms with Crippen molar-refractivity contribution in [1.29, 1.82) is 0 Å². The molecule has 1 aromatic heterocycles. The quantitative estimate of drug-likeness (QED) is 0.716. The van der Waals surface area contributed by atoms with Gasteiger partial charge in [0.25, 0.3) is 5.91 Å². The second-order valence-corrected chi connectivity index (χ2v) is 3.09. The number of aliphatic hydroxyl groups excluding tert-OH is 1. The number of rotatable bonds is 5. The Kier molecular flexibility index (Phi) is 4.26. The molecule has 0 aliphatic rings. The van der Waals surface area contributed by atoms with E-state index >= 15 is 0 Å². The van der Waals surface area contributed by atoms with Gasteiger partial charge in [-0.25, -0.2) is 0 Å². The summed E-state index contributed by atoms with van der Waals surface area (Å²) >= 11 is 0. The highest BCUT2D eigenvalue weighted by molar-refractivity contribution is 5.92. The number of amides is 1. The Morgan fingerprint density at radius 1 is 1.80 bits per heavy atom. The van der Waals surface area contributed by atoms with Gasteiger partial charge in [-0.1, -0.05) is 5.16 Å². The van der Waals surface area contributed by atoms with E-state index in [1.807, 2.05) is 6.92 Å². The van der Waals surface area contributed by atoms with Crippen LogP contribution in [0.25, 0.3) is 0 Å². The van der Waals surface area contributed by atoms with Gasteiger partial charge in [0.1, 0.15) is 6.61 Å². The molecule has 84 valence electrons. The van der Waals surface area contributed by atoms with E-state index in [9.17, 15) is 4.79 Å². The summed E-state index contributed by atoms with van der Waals surface area (Å²) in [5.41, 5.74) is 0.155. The minimum atomic E-state index is -0.345. The largest absolute Gasteiger partial charge is 0.388 e. The fourth-order valence-corrected chi connectivity index (χ4v) is 0.905. The number of hydrogen-bond donors (Lipinski definition) is 2. The highest BCUT2D eigenvalue weighted by atomic mass is 16.5. The van der Waals surface area contributed by atoms with E-state index in [1.165, 1.54) is 6.07 Å². The summed E-state index contributed by atoms with van der Waals surface area (Å²) in [6.45, 7) is 1.97. The smallest absolute Gasteiger partial charge is 0.273 e. The van der Waals surface area contributed by atoms with Crippen LogP contribution in [-0.2, 0) is 11.3 Å². The zero-order chi connectivity index (χ0) is 11.3. The van der Waals surface area contributed by atoms with E-state index in [0.717, 1.165) is 0 Å². The molecule has 1 atom stereocenters. The number of nitrogens with zero attached hydrogens (tertiary/aromatic N) is 1. The number of nitrogens with one attached hydrogen (secondary N) is 1. The molecule has 1 heterocycles. The van der Waals surface area contributed by atoms with Crippen molar-refractivity contribution >= 4 is 5.91 Å². The van der Waals surface area contributed by atoms with E-state index in [2.05, 4.69) is 15.0 Å². The average molecular weight is 214 g/mol. The van der Waals surface area contributed by atoms with Gasteiger partial charge in [0.2, 0.25) is 0 Å². The molecular formula is C9H14N2O4. The lowest BCUT2D eigenvalue weighted by atomic mass is 10.3. The van der Waals surface area contributed by atoms with Crippen LogP contribution < -0.4 is 5.32 Å². The summed E-state index contributed by atoms with van der Waals surface area (Å²) in [5, 5.41) is 14.8. The van der Waals surface area contributed by atoms with Crippen molar-refractivity contribution in [1.82, 2.24) is 10.5 Å². The highest BCUT2D eigenvalue weighted by Crippen LogP contribution is 2.02. The van der Waals surface area contributed by atoms with Gasteiger partial charge in [0.15, 0.2) is 11.5 Å². The molecule has 6 heteroatoms. The van der Waals surface area contributed by atoms with Crippen molar-refractivity contribution in [3.05, 3.63) is 17.5 Å². The lowest BCUT2D eigenvalue weighted by molar-refractivity contribution is 0.0862. The van der Waals surface area contributed by atoms with E-state index in [-0.39, 0.29) is 30.1 Å². The van der Waals surface area contributed by atoms with Crippen LogP contribution in [0, 0.1) is 0 Å². The van der Waals surface area contributed by atoms with Crippen LogP contribution in [-0.4, -0.2) is 35.9 Å². The molecule has 0 bridgehead atoms. The summed E-state index contributed by atoms with van der Waals surface area (Å²) in [4.78, 5) is 11.4. The molecule has 0 spiro atoms. The molecule has 1 unspecified atom stereocenters. The summed E-state index contributed by atoms with van der Waals surface area (Å²) < 4.78 is 9.64. The van der Waals surface area contributed by atoms with Gasteiger partial charge in [-0.2, -0.15) is 0 Å². The second-order valence-electron chi connectivity index (χ2n) is 3.09. The van der Waals surface area contributed by atoms with Crippen molar-refractivity contribution in [3.8, 4) is 0 Å². The Morgan fingerprint density at radius 2 is 2.53 bits per heavy atom. The molecule has 6 nitrogen and oxygen atoms in total. The number of carbonyl (C=O) groups is 1. The van der Waals surface area contributed by atoms with E-state index in [0.29, 0.717) is 6.54 Å². The predicted octanol–water partition coefficient (Wildman–Crippen LogP) is -0.0684. The van der Waals surface area contributed by atoms with Crippen LogP contribution >= 0.6 is 0 Å². The Hall–Kier alpha value is -1.40. The molecule has 1 amide bonds. The summed E-state index contributed by atoms with van der Waals surface area (Å²) in [5.74, 6) is -0.0812. The lowest BCUT2D eigenvalue weighted by Gasteiger charge is -2.08. The summed E-state index contributed by atoms with van der Waals surface area (Å²) in [6, 6.07) is 1.40. The highest BCUT2D eigenvalue weighted by Gasteiger charge is 2.12. The molecule has 0 aromatic carbocycles. The van der Waals surface area contributed by atoms with Gasteiger partial charge >= 0.3 is 0 Å². The molecule has 0 saturated heterocycles. The van der Waals surface area contributed by atoms with Crippen molar-refractivity contribution < 1.29 is 19.2 Å². The molecule has 2 N–H and O–H groups in total. The van der Waals surface area contributed by atoms with Gasteiger partial charge in [0.05, 0.1) is 6.10 Å². The first-order valence-electron chi connectivity index (χ1n) is 4.54. The molecule has 1 rings (SSSR count). The third-order valence-electron chi connectivity index (χ3n) is 1.90. The third-order valence-corrected chi connectivity index (χ3v) is 1.90. The van der Waals surface area contributed by atoms with Gasteiger partial charge < -0.3 is 19.7 Å². The fourth-order valence-electron chi connectivity index (χ4n) is 0.905. The maximum absolute atomic E-state index is 11.4. The average Bonchev–Trinajstić information content (AvgIpc) is 2.73. The Morgan fingerprint density at radius 3 is 3.07 bits per heavy atom. The molecule has 15 heavy (non-hydrogen) atoms. The first-order valence-corrected chi connectivity index (χ1v) is 4.54. The number of aliphatic hydroxyl groups is 1. The number of aromatic nitrogens is 1. The molecule has 0 aliphatic heterocycles. The minimum Gasteiger partial charge on any atom is -0.388 e. The predicted molar refractivity (Wildman–Crippen MR) is 51.2 cm³/mol. The Balaban J connectivity index is 2.46. The Labute approximate surface area is 87.2 Å². The van der Waals surface area contributed by atoms with Crippen LogP contribution in [0.5, 0.6) is 0 Å². The van der Waals surface area contributed by atoms with Crippen molar-refractivity contribution in [2.24, 2.45) is 0 Å². The molecule has 1 aromatic rings. The topological polar surface area (TPSA) is 84.6 Å². The second kappa shape index (κ2) is 5.47. The number of carbonyl (C=O) groups excluding carboxylic acids is 1. The fraction of sp³-hybridized carbons (Fsp3) is 0.556. The van der Waals surface area contributed by atoms with Crippen LogP contribution in [0.1, 0.15) is 23.2 Å². The molecular weight excluding hydrogens is 200 g/mol. The minimum absolute atomic E-state index is 0.0573. The van der Waals surface area contributed by atoms with Gasteiger partial charge in [-0.15, -0.1) is 0 Å². The van der Waals surface area contributed by atoms with Crippen LogP contribution in [0.2, 0.25) is 0 Å². The zero-order valence-corrected chi connectivity index (χ0v) is 8.69. The van der Waals surface area contributed by atoms with Gasteiger partial charge in [-0.05, 0) is 6.92 Å². The molecule has 0 saturated carbocycles. The van der Waals surface area contributed by atoms with Gasteiger partial charge in [-0.3, -0.25) is 4.79 Å². The number of methoxy groups -OCH3 is 1. The maximum atomic E-state index is 11.4. The normalized spacial score (nSPS) is 12.5. The first-order chi connectivity index (χ1) is 7.17. The number of ether oxygens (including phenoxy) is 1. The van der Waals surface area contributed by atoms with E-state index in [4.69, 9.17) is 9.84 Å². The number of hydrogen-bond acceptors (Lipinski definition) is 5. The standard InChI is InChI=1S/C9H14N2O4/c1-6(14-2)4-10-9(13)8-3-7(5-12)15-11-8/h3,6,12H,4-5H2,1-2H3,(H,10,13). The van der Waals surface area contributed by atoms with Crippen LogP contribution in [0.15, 0.2) is 10.6 Å². The molecule has 0 radical (unpaired) electrons.